The first-order chi connectivity index (χ1) is 9.61. The number of ether oxygens (including phenoxy) is 1. The monoisotopic (exact) mass is 279 g/mol. The SMILES string of the molecule is CCCCCCOCC(O)CNc1cc(C)cc(C)c1. The highest BCUT2D eigenvalue weighted by molar-refractivity contribution is 5.48. The minimum atomic E-state index is -0.456. The van der Waals surface area contributed by atoms with Crippen molar-refractivity contribution >= 4 is 5.69 Å². The summed E-state index contributed by atoms with van der Waals surface area (Å²) in [5.74, 6) is 0. The van der Waals surface area contributed by atoms with Gasteiger partial charge in [-0.15, -0.1) is 0 Å². The Bertz CT molecular complexity index is 359. The van der Waals surface area contributed by atoms with Crippen LogP contribution in [0.15, 0.2) is 18.2 Å². The van der Waals surface area contributed by atoms with Crippen molar-refractivity contribution in [3.05, 3.63) is 29.3 Å². The van der Waals surface area contributed by atoms with E-state index in [1.807, 2.05) is 0 Å². The second kappa shape index (κ2) is 9.78. The van der Waals surface area contributed by atoms with Crippen LogP contribution in [-0.4, -0.2) is 31.0 Å². The summed E-state index contributed by atoms with van der Waals surface area (Å²) in [5.41, 5.74) is 3.52. The number of benzene rings is 1. The molecule has 0 aliphatic carbocycles. The molecule has 0 aliphatic heterocycles. The zero-order valence-corrected chi connectivity index (χ0v) is 13.1. The molecule has 0 aliphatic rings. The molecular formula is C17H29NO2. The van der Waals surface area contributed by atoms with Gasteiger partial charge in [-0.3, -0.25) is 0 Å². The van der Waals surface area contributed by atoms with Crippen LogP contribution in [-0.2, 0) is 4.74 Å². The van der Waals surface area contributed by atoms with Gasteiger partial charge in [0, 0.05) is 18.8 Å². The molecule has 1 aromatic rings. The van der Waals surface area contributed by atoms with E-state index in [-0.39, 0.29) is 0 Å². The Morgan fingerprint density at radius 2 is 1.80 bits per heavy atom. The van der Waals surface area contributed by atoms with Crippen LogP contribution in [0.25, 0.3) is 0 Å². The normalized spacial score (nSPS) is 12.4. The van der Waals surface area contributed by atoms with E-state index >= 15 is 0 Å². The van der Waals surface area contributed by atoms with E-state index in [0.29, 0.717) is 13.2 Å². The highest BCUT2D eigenvalue weighted by atomic mass is 16.5. The van der Waals surface area contributed by atoms with Gasteiger partial charge in [0.25, 0.3) is 0 Å². The van der Waals surface area contributed by atoms with Gasteiger partial charge in [0.05, 0.1) is 12.7 Å². The molecule has 0 radical (unpaired) electrons. The van der Waals surface area contributed by atoms with Crippen molar-refractivity contribution < 1.29 is 9.84 Å². The average Bonchev–Trinajstić information content (AvgIpc) is 2.39. The van der Waals surface area contributed by atoms with Crippen LogP contribution in [0, 0.1) is 13.8 Å². The Hall–Kier alpha value is -1.06. The first-order valence-corrected chi connectivity index (χ1v) is 7.69. The van der Waals surface area contributed by atoms with Gasteiger partial charge in [0.15, 0.2) is 0 Å². The predicted molar refractivity (Wildman–Crippen MR) is 85.4 cm³/mol. The molecule has 0 heterocycles. The second-order valence-electron chi connectivity index (χ2n) is 5.55. The first kappa shape index (κ1) is 17.0. The minimum Gasteiger partial charge on any atom is -0.389 e. The van der Waals surface area contributed by atoms with E-state index in [1.165, 1.54) is 30.4 Å². The van der Waals surface area contributed by atoms with Gasteiger partial charge in [0.1, 0.15) is 0 Å². The fourth-order valence-corrected chi connectivity index (χ4v) is 2.22. The lowest BCUT2D eigenvalue weighted by molar-refractivity contribution is 0.0417. The van der Waals surface area contributed by atoms with Crippen LogP contribution in [0.3, 0.4) is 0 Å². The number of aryl methyl sites for hydroxylation is 2. The van der Waals surface area contributed by atoms with Crippen molar-refractivity contribution in [1.82, 2.24) is 0 Å². The quantitative estimate of drug-likeness (QED) is 0.642. The molecule has 0 spiro atoms. The molecular weight excluding hydrogens is 250 g/mol. The lowest BCUT2D eigenvalue weighted by Gasteiger charge is -2.14. The summed E-state index contributed by atoms with van der Waals surface area (Å²) >= 11 is 0. The molecule has 114 valence electrons. The Kier molecular flexibility index (Phi) is 8.31. The Balaban J connectivity index is 2.14. The molecule has 3 nitrogen and oxygen atoms in total. The van der Waals surface area contributed by atoms with E-state index in [4.69, 9.17) is 4.74 Å². The number of aliphatic hydroxyl groups is 1. The fraction of sp³-hybridized carbons (Fsp3) is 0.647. The summed E-state index contributed by atoms with van der Waals surface area (Å²) in [6, 6.07) is 6.32. The maximum atomic E-state index is 9.86. The maximum absolute atomic E-state index is 9.86. The number of aliphatic hydroxyl groups excluding tert-OH is 1. The molecule has 0 amide bonds. The summed E-state index contributed by atoms with van der Waals surface area (Å²) in [6.07, 6.45) is 4.35. The van der Waals surface area contributed by atoms with Gasteiger partial charge < -0.3 is 15.2 Å². The molecule has 0 bridgehead atoms. The zero-order chi connectivity index (χ0) is 14.8. The summed E-state index contributed by atoms with van der Waals surface area (Å²) < 4.78 is 5.49. The molecule has 0 saturated heterocycles. The molecule has 1 aromatic carbocycles. The number of hydrogen-bond acceptors (Lipinski definition) is 3. The summed E-state index contributed by atoms with van der Waals surface area (Å²) in [6.45, 7) is 8.04. The van der Waals surface area contributed by atoms with E-state index in [2.05, 4.69) is 44.3 Å². The number of nitrogens with one attached hydrogen (secondary N) is 1. The molecule has 1 atom stereocenters. The van der Waals surface area contributed by atoms with Gasteiger partial charge in [0.2, 0.25) is 0 Å². The molecule has 3 heteroatoms. The van der Waals surface area contributed by atoms with Crippen molar-refractivity contribution in [1.29, 1.82) is 0 Å². The standard InChI is InChI=1S/C17H29NO2/c1-4-5-6-7-8-20-13-17(19)12-18-16-10-14(2)9-15(3)11-16/h9-11,17-19H,4-8,12-13H2,1-3H3. The van der Waals surface area contributed by atoms with Crippen LogP contribution < -0.4 is 5.32 Å². The lowest BCUT2D eigenvalue weighted by atomic mass is 10.1. The number of unbranched alkanes of at least 4 members (excludes halogenated alkanes) is 3. The van der Waals surface area contributed by atoms with Crippen molar-refractivity contribution in [2.24, 2.45) is 0 Å². The van der Waals surface area contributed by atoms with E-state index in [1.54, 1.807) is 0 Å². The molecule has 0 fully saturated rings. The topological polar surface area (TPSA) is 41.5 Å². The van der Waals surface area contributed by atoms with Crippen molar-refractivity contribution in [3.8, 4) is 0 Å². The zero-order valence-electron chi connectivity index (χ0n) is 13.1. The molecule has 1 rings (SSSR count). The summed E-state index contributed by atoms with van der Waals surface area (Å²) in [5, 5.41) is 13.1. The highest BCUT2D eigenvalue weighted by Gasteiger charge is 2.04. The summed E-state index contributed by atoms with van der Waals surface area (Å²) in [7, 11) is 0. The molecule has 1 unspecified atom stereocenters. The molecule has 20 heavy (non-hydrogen) atoms. The van der Waals surface area contributed by atoms with Gasteiger partial charge in [-0.2, -0.15) is 0 Å². The highest BCUT2D eigenvalue weighted by Crippen LogP contribution is 2.13. The number of anilines is 1. The van der Waals surface area contributed by atoms with Crippen LogP contribution in [0.4, 0.5) is 5.69 Å². The van der Waals surface area contributed by atoms with Gasteiger partial charge >= 0.3 is 0 Å². The first-order valence-electron chi connectivity index (χ1n) is 7.69. The predicted octanol–water partition coefficient (Wildman–Crippen LogP) is 3.67. The largest absolute Gasteiger partial charge is 0.389 e. The smallest absolute Gasteiger partial charge is 0.0945 e. The van der Waals surface area contributed by atoms with Gasteiger partial charge in [-0.25, -0.2) is 0 Å². The van der Waals surface area contributed by atoms with E-state index in [9.17, 15) is 5.11 Å². The Morgan fingerprint density at radius 1 is 1.10 bits per heavy atom. The van der Waals surface area contributed by atoms with Gasteiger partial charge in [-0.1, -0.05) is 32.3 Å². The average molecular weight is 279 g/mol. The Morgan fingerprint density at radius 3 is 2.45 bits per heavy atom. The third-order valence-corrected chi connectivity index (χ3v) is 3.22. The minimum absolute atomic E-state index is 0.407. The third-order valence-electron chi connectivity index (χ3n) is 3.22. The second-order valence-corrected chi connectivity index (χ2v) is 5.55. The third kappa shape index (κ3) is 7.51. The molecule has 0 saturated carbocycles. The molecule has 0 aromatic heterocycles. The maximum Gasteiger partial charge on any atom is 0.0945 e. The number of hydrogen-bond donors (Lipinski definition) is 2. The van der Waals surface area contributed by atoms with Crippen molar-refractivity contribution in [2.75, 3.05) is 25.1 Å². The van der Waals surface area contributed by atoms with E-state index in [0.717, 1.165) is 18.7 Å². The Labute approximate surface area is 123 Å². The van der Waals surface area contributed by atoms with Gasteiger partial charge in [-0.05, 0) is 43.5 Å². The lowest BCUT2D eigenvalue weighted by Crippen LogP contribution is -2.25. The fourth-order valence-electron chi connectivity index (χ4n) is 2.22. The van der Waals surface area contributed by atoms with Crippen LogP contribution in [0.1, 0.15) is 43.7 Å². The molecule has 2 N–H and O–H groups in total. The van der Waals surface area contributed by atoms with E-state index < -0.39 is 6.10 Å². The van der Waals surface area contributed by atoms with Crippen molar-refractivity contribution in [3.63, 3.8) is 0 Å². The van der Waals surface area contributed by atoms with Crippen molar-refractivity contribution in [2.45, 2.75) is 52.6 Å². The van der Waals surface area contributed by atoms with Crippen LogP contribution >= 0.6 is 0 Å². The van der Waals surface area contributed by atoms with Crippen LogP contribution in [0.2, 0.25) is 0 Å². The number of rotatable bonds is 10. The summed E-state index contributed by atoms with van der Waals surface area (Å²) in [4.78, 5) is 0. The van der Waals surface area contributed by atoms with Crippen LogP contribution in [0.5, 0.6) is 0 Å².